The average molecular weight is 358 g/mol. The Kier molecular flexibility index (Phi) is 6.72. The van der Waals surface area contributed by atoms with Gasteiger partial charge in [-0.25, -0.2) is 4.79 Å². The summed E-state index contributed by atoms with van der Waals surface area (Å²) >= 11 is 0. The molecule has 2 rings (SSSR count). The second-order valence-corrected chi connectivity index (χ2v) is 5.88. The summed E-state index contributed by atoms with van der Waals surface area (Å²) < 4.78 is 15.9. The Morgan fingerprint density at radius 3 is 2.04 bits per heavy atom. The summed E-state index contributed by atoms with van der Waals surface area (Å²) in [6, 6.07) is 11.1. The van der Waals surface area contributed by atoms with Gasteiger partial charge in [0.1, 0.15) is 0 Å². The number of carbonyl (C=O) groups excluding carboxylic acids is 1. The fraction of sp³-hybridized carbons (Fsp3) is 0.350. The summed E-state index contributed by atoms with van der Waals surface area (Å²) in [5.41, 5.74) is 2.80. The van der Waals surface area contributed by atoms with Crippen LogP contribution in [0, 0.1) is 6.92 Å². The van der Waals surface area contributed by atoms with Crippen LogP contribution in [0.25, 0.3) is 0 Å². The number of aryl methyl sites for hydroxylation is 1. The lowest BCUT2D eigenvalue weighted by atomic mass is 10.0. The zero-order valence-corrected chi connectivity index (χ0v) is 15.9. The number of ether oxygens (including phenoxy) is 3. The van der Waals surface area contributed by atoms with Crippen LogP contribution in [0.1, 0.15) is 30.5 Å². The summed E-state index contributed by atoms with van der Waals surface area (Å²) in [6.07, 6.45) is 0.783. The highest BCUT2D eigenvalue weighted by Crippen LogP contribution is 2.39. The molecule has 2 N–H and O–H groups in total. The van der Waals surface area contributed by atoms with Gasteiger partial charge in [0.15, 0.2) is 11.5 Å². The minimum absolute atomic E-state index is 0.0716. The van der Waals surface area contributed by atoms with Crippen molar-refractivity contribution < 1.29 is 19.0 Å². The molecule has 0 aliphatic heterocycles. The van der Waals surface area contributed by atoms with Crippen molar-refractivity contribution in [3.05, 3.63) is 47.5 Å². The van der Waals surface area contributed by atoms with E-state index in [1.54, 1.807) is 12.1 Å². The number of carbonyl (C=O) groups is 1. The van der Waals surface area contributed by atoms with E-state index in [1.165, 1.54) is 26.9 Å². The minimum Gasteiger partial charge on any atom is -0.493 e. The number of hydrogen-bond acceptors (Lipinski definition) is 4. The number of hydrogen-bond donors (Lipinski definition) is 2. The minimum atomic E-state index is -0.299. The van der Waals surface area contributed by atoms with E-state index in [1.807, 2.05) is 38.1 Å². The zero-order chi connectivity index (χ0) is 19.1. The second kappa shape index (κ2) is 8.99. The number of nitrogens with one attached hydrogen (secondary N) is 2. The molecular weight excluding hydrogens is 332 g/mol. The third-order valence-corrected chi connectivity index (χ3v) is 4.12. The summed E-state index contributed by atoms with van der Waals surface area (Å²) in [5, 5.41) is 5.81. The van der Waals surface area contributed by atoms with Gasteiger partial charge in [-0.2, -0.15) is 0 Å². The molecule has 1 atom stereocenters. The number of urea groups is 1. The van der Waals surface area contributed by atoms with Gasteiger partial charge < -0.3 is 24.8 Å². The van der Waals surface area contributed by atoms with E-state index in [-0.39, 0.29) is 12.1 Å². The summed E-state index contributed by atoms with van der Waals surface area (Å²) in [6.45, 7) is 4.07. The van der Waals surface area contributed by atoms with E-state index >= 15 is 0 Å². The number of methoxy groups -OCH3 is 3. The van der Waals surface area contributed by atoms with Gasteiger partial charge in [0.25, 0.3) is 0 Å². The lowest BCUT2D eigenvalue weighted by Gasteiger charge is -2.19. The van der Waals surface area contributed by atoms with Crippen LogP contribution in [0.4, 0.5) is 10.5 Å². The number of anilines is 1. The fourth-order valence-electron chi connectivity index (χ4n) is 2.70. The highest BCUT2D eigenvalue weighted by Gasteiger charge is 2.16. The molecule has 0 spiro atoms. The first-order chi connectivity index (χ1) is 12.5. The van der Waals surface area contributed by atoms with Gasteiger partial charge in [-0.15, -0.1) is 0 Å². The molecule has 0 unspecified atom stereocenters. The quantitative estimate of drug-likeness (QED) is 0.774. The van der Waals surface area contributed by atoms with Crippen LogP contribution in [0.15, 0.2) is 36.4 Å². The second-order valence-electron chi connectivity index (χ2n) is 5.88. The first-order valence-electron chi connectivity index (χ1n) is 8.46. The predicted molar refractivity (Wildman–Crippen MR) is 102 cm³/mol. The molecule has 2 aromatic rings. The molecule has 0 saturated carbocycles. The number of amides is 2. The molecule has 0 bridgehead atoms. The highest BCUT2D eigenvalue weighted by molar-refractivity contribution is 5.90. The summed E-state index contributed by atoms with van der Waals surface area (Å²) in [7, 11) is 4.60. The molecule has 0 fully saturated rings. The molecule has 0 heterocycles. The maximum absolute atomic E-state index is 12.4. The monoisotopic (exact) mass is 358 g/mol. The molecular formula is C20H26N2O4. The molecule has 140 valence electrons. The van der Waals surface area contributed by atoms with Crippen molar-refractivity contribution >= 4 is 11.7 Å². The molecule has 2 aromatic carbocycles. The first-order valence-corrected chi connectivity index (χ1v) is 8.46. The van der Waals surface area contributed by atoms with E-state index in [0.29, 0.717) is 22.9 Å². The standard InChI is InChI=1S/C20H26N2O4/c1-6-16(14-9-7-13(2)8-10-14)22-20(23)21-15-11-17(24-3)19(26-5)18(12-15)25-4/h7-12,16H,6H2,1-5H3,(H2,21,22,23)/t16-/m0/s1. The van der Waals surface area contributed by atoms with Gasteiger partial charge in [-0.3, -0.25) is 0 Å². The van der Waals surface area contributed by atoms with E-state index in [0.717, 1.165) is 12.0 Å². The SMILES string of the molecule is CC[C@H](NC(=O)Nc1cc(OC)c(OC)c(OC)c1)c1ccc(C)cc1. The molecule has 0 aliphatic carbocycles. The fourth-order valence-corrected chi connectivity index (χ4v) is 2.70. The van der Waals surface area contributed by atoms with Gasteiger partial charge in [-0.05, 0) is 18.9 Å². The number of benzene rings is 2. The van der Waals surface area contributed by atoms with Crippen LogP contribution in [-0.4, -0.2) is 27.4 Å². The molecule has 6 heteroatoms. The number of rotatable bonds is 7. The first kappa shape index (κ1) is 19.4. The molecule has 0 aromatic heterocycles. The molecule has 0 radical (unpaired) electrons. The Morgan fingerprint density at radius 2 is 1.58 bits per heavy atom. The van der Waals surface area contributed by atoms with Crippen LogP contribution in [-0.2, 0) is 0 Å². The van der Waals surface area contributed by atoms with Crippen LogP contribution >= 0.6 is 0 Å². The predicted octanol–water partition coefficient (Wildman–Crippen LogP) is 4.29. The van der Waals surface area contributed by atoms with Gasteiger partial charge in [0.2, 0.25) is 5.75 Å². The normalized spacial score (nSPS) is 11.4. The van der Waals surface area contributed by atoms with Crippen molar-refractivity contribution in [1.29, 1.82) is 0 Å². The van der Waals surface area contributed by atoms with Gasteiger partial charge in [0.05, 0.1) is 33.1 Å². The Balaban J connectivity index is 2.14. The van der Waals surface area contributed by atoms with Gasteiger partial charge in [0, 0.05) is 12.1 Å². The van der Waals surface area contributed by atoms with Gasteiger partial charge >= 0.3 is 6.03 Å². The van der Waals surface area contributed by atoms with E-state index in [2.05, 4.69) is 10.6 Å². The maximum Gasteiger partial charge on any atom is 0.319 e. The van der Waals surface area contributed by atoms with Crippen LogP contribution in [0.3, 0.4) is 0 Å². The van der Waals surface area contributed by atoms with Crippen molar-refractivity contribution in [3.63, 3.8) is 0 Å². The van der Waals surface area contributed by atoms with Crippen LogP contribution in [0.2, 0.25) is 0 Å². The average Bonchev–Trinajstić information content (AvgIpc) is 2.65. The molecule has 0 saturated heterocycles. The van der Waals surface area contributed by atoms with E-state index < -0.39 is 0 Å². The van der Waals surface area contributed by atoms with Crippen molar-refractivity contribution in [2.24, 2.45) is 0 Å². The zero-order valence-electron chi connectivity index (χ0n) is 15.9. The lowest BCUT2D eigenvalue weighted by molar-refractivity contribution is 0.248. The van der Waals surface area contributed by atoms with E-state index in [4.69, 9.17) is 14.2 Å². The topological polar surface area (TPSA) is 68.8 Å². The Labute approximate surface area is 154 Å². The molecule has 2 amide bonds. The third-order valence-electron chi connectivity index (χ3n) is 4.12. The molecule has 26 heavy (non-hydrogen) atoms. The van der Waals surface area contributed by atoms with Crippen molar-refractivity contribution in [1.82, 2.24) is 5.32 Å². The largest absolute Gasteiger partial charge is 0.493 e. The third kappa shape index (κ3) is 4.59. The maximum atomic E-state index is 12.4. The summed E-state index contributed by atoms with van der Waals surface area (Å²) in [5.74, 6) is 1.44. The molecule has 6 nitrogen and oxygen atoms in total. The molecule has 0 aliphatic rings. The summed E-state index contributed by atoms with van der Waals surface area (Å²) in [4.78, 5) is 12.4. The Hall–Kier alpha value is -2.89. The van der Waals surface area contributed by atoms with Crippen molar-refractivity contribution in [3.8, 4) is 17.2 Å². The van der Waals surface area contributed by atoms with Crippen LogP contribution < -0.4 is 24.8 Å². The smallest absolute Gasteiger partial charge is 0.319 e. The van der Waals surface area contributed by atoms with Gasteiger partial charge in [-0.1, -0.05) is 36.8 Å². The highest BCUT2D eigenvalue weighted by atomic mass is 16.5. The van der Waals surface area contributed by atoms with Crippen molar-refractivity contribution in [2.75, 3.05) is 26.6 Å². The van der Waals surface area contributed by atoms with Crippen molar-refractivity contribution in [2.45, 2.75) is 26.3 Å². The van der Waals surface area contributed by atoms with E-state index in [9.17, 15) is 4.79 Å². The Morgan fingerprint density at radius 1 is 1.00 bits per heavy atom. The van der Waals surface area contributed by atoms with Crippen LogP contribution in [0.5, 0.6) is 17.2 Å². The lowest BCUT2D eigenvalue weighted by Crippen LogP contribution is -2.32. The Bertz CT molecular complexity index is 719.